The summed E-state index contributed by atoms with van der Waals surface area (Å²) in [5.74, 6) is -0.0815. The molecule has 3 rings (SSSR count). The highest BCUT2D eigenvalue weighted by atomic mass is 16.6. The zero-order valence-corrected chi connectivity index (χ0v) is 16.8. The third-order valence-electron chi connectivity index (χ3n) is 5.30. The molecule has 8 heteroatoms. The Morgan fingerprint density at radius 1 is 1.34 bits per heavy atom. The van der Waals surface area contributed by atoms with E-state index in [9.17, 15) is 19.5 Å². The monoisotopic (exact) mass is 402 g/mol. The number of β-amino-alcohol motifs (C(OH)–C–C–N with tert-alkyl or cyclic N) is 1. The smallest absolute Gasteiger partial charge is 0.417 e. The Morgan fingerprint density at radius 3 is 2.62 bits per heavy atom. The fourth-order valence-corrected chi connectivity index (χ4v) is 3.50. The Bertz CT molecular complexity index is 819. The average Bonchev–Trinajstić information content (AvgIpc) is 3.09. The highest BCUT2D eigenvalue weighted by molar-refractivity contribution is 6.00. The van der Waals surface area contributed by atoms with E-state index in [1.54, 1.807) is 12.0 Å². The van der Waals surface area contributed by atoms with Gasteiger partial charge in [0.15, 0.2) is 5.60 Å². The summed E-state index contributed by atoms with van der Waals surface area (Å²) in [7, 11) is 1.59. The quantitative estimate of drug-likeness (QED) is 0.551. The molecule has 156 valence electrons. The van der Waals surface area contributed by atoms with Crippen LogP contribution in [0.1, 0.15) is 25.8 Å². The maximum absolute atomic E-state index is 12.4. The number of ether oxygens (including phenoxy) is 2. The maximum Gasteiger partial charge on any atom is 0.417 e. The predicted octanol–water partition coefficient (Wildman–Crippen LogP) is 1.72. The van der Waals surface area contributed by atoms with Gasteiger partial charge in [0.1, 0.15) is 12.4 Å². The molecular formula is C21H26N2O6. The van der Waals surface area contributed by atoms with E-state index in [1.165, 1.54) is 12.2 Å². The van der Waals surface area contributed by atoms with Crippen molar-refractivity contribution in [2.24, 2.45) is 5.92 Å². The van der Waals surface area contributed by atoms with Crippen molar-refractivity contribution >= 4 is 17.9 Å². The summed E-state index contributed by atoms with van der Waals surface area (Å²) in [4.78, 5) is 39.2. The van der Waals surface area contributed by atoms with Crippen LogP contribution in [0.2, 0.25) is 0 Å². The van der Waals surface area contributed by atoms with Crippen molar-refractivity contribution in [1.29, 1.82) is 0 Å². The van der Waals surface area contributed by atoms with Gasteiger partial charge in [-0.05, 0) is 29.7 Å². The number of aliphatic hydroxyl groups is 1. The van der Waals surface area contributed by atoms with Gasteiger partial charge >= 0.3 is 6.09 Å². The molecule has 0 aromatic heterocycles. The zero-order chi connectivity index (χ0) is 21.2. The molecule has 8 nitrogen and oxygen atoms in total. The molecule has 0 spiro atoms. The number of likely N-dealkylation sites (tertiary alicyclic amines) is 1. The van der Waals surface area contributed by atoms with Crippen molar-refractivity contribution in [2.75, 3.05) is 20.3 Å². The SMILES string of the molecule is COc1ccc(CN2C[C@@](O)(C/C=C/C(=O)N3C(=O)OC[C@@H]3C(C)C)C2=O)cc1. The molecule has 0 saturated carbocycles. The standard InChI is InChI=1S/C21H26N2O6/c1-14(2)17-12-29-20(26)23(17)18(24)5-4-10-21(27)13-22(19(21)25)11-15-6-8-16(28-3)9-7-15/h4-9,14,17,27H,10-13H2,1-3H3/b5-4+/t17-,21+/m1/s1. The first-order chi connectivity index (χ1) is 13.7. The second-order valence-electron chi connectivity index (χ2n) is 7.74. The topological polar surface area (TPSA) is 96.4 Å². The molecule has 0 radical (unpaired) electrons. The molecule has 2 heterocycles. The minimum Gasteiger partial charge on any atom is -0.497 e. The van der Waals surface area contributed by atoms with E-state index in [1.807, 2.05) is 38.1 Å². The molecule has 29 heavy (non-hydrogen) atoms. The van der Waals surface area contributed by atoms with Crippen molar-refractivity contribution < 1.29 is 29.0 Å². The van der Waals surface area contributed by atoms with Crippen LogP contribution < -0.4 is 4.74 Å². The Labute approximate surface area is 169 Å². The Balaban J connectivity index is 1.53. The van der Waals surface area contributed by atoms with Gasteiger partial charge in [0.2, 0.25) is 0 Å². The van der Waals surface area contributed by atoms with Crippen LogP contribution in [0.4, 0.5) is 4.79 Å². The molecule has 0 bridgehead atoms. The Morgan fingerprint density at radius 2 is 2.03 bits per heavy atom. The summed E-state index contributed by atoms with van der Waals surface area (Å²) >= 11 is 0. The van der Waals surface area contributed by atoms with Crippen LogP contribution >= 0.6 is 0 Å². The first-order valence-electron chi connectivity index (χ1n) is 9.56. The van der Waals surface area contributed by atoms with Crippen LogP contribution in [0.3, 0.4) is 0 Å². The van der Waals surface area contributed by atoms with E-state index in [4.69, 9.17) is 9.47 Å². The van der Waals surface area contributed by atoms with Crippen LogP contribution in [0.25, 0.3) is 0 Å². The van der Waals surface area contributed by atoms with E-state index < -0.39 is 17.6 Å². The van der Waals surface area contributed by atoms with Crippen molar-refractivity contribution in [3.05, 3.63) is 42.0 Å². The van der Waals surface area contributed by atoms with Crippen LogP contribution in [-0.2, 0) is 20.9 Å². The number of cyclic esters (lactones) is 1. The molecule has 2 saturated heterocycles. The molecule has 0 aliphatic carbocycles. The third-order valence-corrected chi connectivity index (χ3v) is 5.30. The second kappa shape index (κ2) is 8.24. The van der Waals surface area contributed by atoms with Gasteiger partial charge < -0.3 is 19.5 Å². The normalized spacial score (nSPS) is 24.2. The summed E-state index contributed by atoms with van der Waals surface area (Å²) in [5.41, 5.74) is -0.592. The lowest BCUT2D eigenvalue weighted by Crippen LogP contribution is -2.65. The third kappa shape index (κ3) is 4.27. The van der Waals surface area contributed by atoms with E-state index in [-0.39, 0.29) is 37.4 Å². The maximum atomic E-state index is 12.4. The number of hydrogen-bond acceptors (Lipinski definition) is 6. The van der Waals surface area contributed by atoms with Gasteiger partial charge in [-0.25, -0.2) is 9.69 Å². The number of amides is 3. The molecule has 0 unspecified atom stereocenters. The van der Waals surface area contributed by atoms with Crippen LogP contribution in [0, 0.1) is 5.92 Å². The van der Waals surface area contributed by atoms with Crippen LogP contribution in [0.5, 0.6) is 5.75 Å². The van der Waals surface area contributed by atoms with Gasteiger partial charge in [0.05, 0.1) is 19.7 Å². The van der Waals surface area contributed by atoms with Crippen molar-refractivity contribution in [1.82, 2.24) is 9.80 Å². The highest BCUT2D eigenvalue weighted by Gasteiger charge is 2.49. The van der Waals surface area contributed by atoms with Crippen molar-refractivity contribution in [3.63, 3.8) is 0 Å². The number of carbonyl (C=O) groups is 3. The van der Waals surface area contributed by atoms with Gasteiger partial charge in [-0.2, -0.15) is 0 Å². The lowest BCUT2D eigenvalue weighted by Gasteiger charge is -2.44. The number of rotatable bonds is 7. The molecule has 1 N–H and O–H groups in total. The van der Waals surface area contributed by atoms with E-state index in [0.29, 0.717) is 6.54 Å². The molecule has 1 aromatic carbocycles. The fourth-order valence-electron chi connectivity index (χ4n) is 3.50. The fraction of sp³-hybridized carbons (Fsp3) is 0.476. The zero-order valence-electron chi connectivity index (χ0n) is 16.8. The first-order valence-corrected chi connectivity index (χ1v) is 9.56. The average molecular weight is 402 g/mol. The van der Waals surface area contributed by atoms with Crippen molar-refractivity contribution in [3.8, 4) is 5.75 Å². The van der Waals surface area contributed by atoms with Gasteiger partial charge in [-0.15, -0.1) is 0 Å². The van der Waals surface area contributed by atoms with Gasteiger partial charge in [0.25, 0.3) is 11.8 Å². The van der Waals surface area contributed by atoms with Crippen LogP contribution in [0.15, 0.2) is 36.4 Å². The molecule has 2 fully saturated rings. The van der Waals surface area contributed by atoms with Gasteiger partial charge in [0, 0.05) is 13.0 Å². The van der Waals surface area contributed by atoms with Crippen molar-refractivity contribution in [2.45, 2.75) is 38.5 Å². The number of β-lactam (4-membered cyclic amide) rings is 1. The highest BCUT2D eigenvalue weighted by Crippen LogP contribution is 2.29. The number of hydrogen-bond donors (Lipinski definition) is 1. The Kier molecular flexibility index (Phi) is 5.93. The minimum absolute atomic E-state index is 0.00587. The lowest BCUT2D eigenvalue weighted by atomic mass is 9.88. The summed E-state index contributed by atoms with van der Waals surface area (Å²) in [6.07, 6.45) is 2.00. The number of carbonyl (C=O) groups excluding carboxylic acids is 3. The van der Waals surface area contributed by atoms with E-state index in [2.05, 4.69) is 0 Å². The number of imide groups is 1. The second-order valence-corrected chi connectivity index (χ2v) is 7.74. The Hall–Kier alpha value is -2.87. The summed E-state index contributed by atoms with van der Waals surface area (Å²) in [5, 5.41) is 10.5. The molecule has 2 aliphatic rings. The first kappa shape index (κ1) is 20.9. The minimum atomic E-state index is -1.52. The largest absolute Gasteiger partial charge is 0.497 e. The molecule has 2 aliphatic heterocycles. The molecule has 2 atom stereocenters. The summed E-state index contributed by atoms with van der Waals surface area (Å²) in [6.45, 7) is 4.56. The van der Waals surface area contributed by atoms with E-state index >= 15 is 0 Å². The van der Waals surface area contributed by atoms with E-state index in [0.717, 1.165) is 16.2 Å². The summed E-state index contributed by atoms with van der Waals surface area (Å²) < 4.78 is 10.1. The molecular weight excluding hydrogens is 376 g/mol. The number of benzene rings is 1. The molecule has 1 aromatic rings. The van der Waals surface area contributed by atoms with Gasteiger partial charge in [-0.3, -0.25) is 9.59 Å². The summed E-state index contributed by atoms with van der Waals surface area (Å²) in [6, 6.07) is 7.04. The predicted molar refractivity (Wildman–Crippen MR) is 104 cm³/mol. The lowest BCUT2D eigenvalue weighted by molar-refractivity contribution is -0.176. The van der Waals surface area contributed by atoms with Gasteiger partial charge in [-0.1, -0.05) is 32.1 Å². The van der Waals surface area contributed by atoms with Crippen LogP contribution in [-0.4, -0.2) is 64.7 Å². The number of methoxy groups -OCH3 is 1. The molecule has 3 amide bonds. The number of nitrogens with zero attached hydrogens (tertiary/aromatic N) is 2.